The molecule has 0 spiro atoms. The molecule has 3 heteroatoms. The van der Waals surface area contributed by atoms with Crippen molar-refractivity contribution in [2.24, 2.45) is 5.73 Å². The van der Waals surface area contributed by atoms with E-state index < -0.39 is 5.54 Å². The van der Waals surface area contributed by atoms with E-state index in [2.05, 4.69) is 4.98 Å². The molecule has 2 aromatic rings. The average molecular weight is 242 g/mol. The SMILES string of the molecule is CCCC(C)(N)C(=O)c1cccc2ccncc12. The second kappa shape index (κ2) is 4.86. The topological polar surface area (TPSA) is 56.0 Å². The lowest BCUT2D eigenvalue weighted by atomic mass is 9.86. The molecule has 2 N–H and O–H groups in total. The molecule has 2 rings (SSSR count). The number of hydrogen-bond acceptors (Lipinski definition) is 3. The Labute approximate surface area is 107 Å². The third kappa shape index (κ3) is 2.27. The molecule has 1 aromatic carbocycles. The van der Waals surface area contributed by atoms with Crippen molar-refractivity contribution in [2.45, 2.75) is 32.2 Å². The van der Waals surface area contributed by atoms with E-state index in [4.69, 9.17) is 5.73 Å². The number of rotatable bonds is 4. The van der Waals surface area contributed by atoms with Crippen LogP contribution in [-0.2, 0) is 0 Å². The van der Waals surface area contributed by atoms with Crippen molar-refractivity contribution in [1.82, 2.24) is 4.98 Å². The van der Waals surface area contributed by atoms with E-state index in [9.17, 15) is 4.79 Å². The number of nitrogens with two attached hydrogens (primary N) is 1. The first-order valence-corrected chi connectivity index (χ1v) is 6.22. The van der Waals surface area contributed by atoms with Gasteiger partial charge >= 0.3 is 0 Å². The minimum Gasteiger partial charge on any atom is -0.319 e. The van der Waals surface area contributed by atoms with Crippen molar-refractivity contribution in [2.75, 3.05) is 0 Å². The zero-order valence-corrected chi connectivity index (χ0v) is 10.8. The summed E-state index contributed by atoms with van der Waals surface area (Å²) in [5.41, 5.74) is 5.98. The highest BCUT2D eigenvalue weighted by molar-refractivity contribution is 6.11. The molecular formula is C15H18N2O. The van der Waals surface area contributed by atoms with Crippen molar-refractivity contribution >= 4 is 16.6 Å². The molecule has 1 aromatic heterocycles. The first-order valence-electron chi connectivity index (χ1n) is 6.22. The summed E-state index contributed by atoms with van der Waals surface area (Å²) in [7, 11) is 0. The number of hydrogen-bond donors (Lipinski definition) is 1. The molecule has 0 saturated carbocycles. The Kier molecular flexibility index (Phi) is 3.43. The molecule has 1 heterocycles. The summed E-state index contributed by atoms with van der Waals surface area (Å²) < 4.78 is 0. The predicted octanol–water partition coefficient (Wildman–Crippen LogP) is 2.94. The number of nitrogens with zero attached hydrogens (tertiary/aromatic N) is 1. The molecule has 0 bridgehead atoms. The lowest BCUT2D eigenvalue weighted by Gasteiger charge is -2.23. The summed E-state index contributed by atoms with van der Waals surface area (Å²) in [4.78, 5) is 16.6. The van der Waals surface area contributed by atoms with Crippen LogP contribution >= 0.6 is 0 Å². The number of carbonyl (C=O) groups is 1. The van der Waals surface area contributed by atoms with Gasteiger partial charge in [0.1, 0.15) is 0 Å². The number of aromatic nitrogens is 1. The van der Waals surface area contributed by atoms with E-state index in [0.717, 1.165) is 17.2 Å². The average Bonchev–Trinajstić information content (AvgIpc) is 2.37. The van der Waals surface area contributed by atoms with Crippen LogP contribution in [0.1, 0.15) is 37.0 Å². The van der Waals surface area contributed by atoms with Gasteiger partial charge in [-0.15, -0.1) is 0 Å². The minimum atomic E-state index is -0.807. The van der Waals surface area contributed by atoms with Gasteiger partial charge in [0.25, 0.3) is 0 Å². The largest absolute Gasteiger partial charge is 0.319 e. The number of Topliss-reactive ketones (excluding diaryl/α,β-unsaturated/α-hetero) is 1. The van der Waals surface area contributed by atoms with Gasteiger partial charge in [-0.05, 0) is 24.8 Å². The van der Waals surface area contributed by atoms with Crippen LogP contribution in [0.3, 0.4) is 0 Å². The molecule has 0 amide bonds. The van der Waals surface area contributed by atoms with Gasteiger partial charge in [-0.2, -0.15) is 0 Å². The van der Waals surface area contributed by atoms with Crippen molar-refractivity contribution in [3.63, 3.8) is 0 Å². The molecule has 0 aliphatic carbocycles. The van der Waals surface area contributed by atoms with E-state index in [1.807, 2.05) is 31.2 Å². The maximum atomic E-state index is 12.5. The highest BCUT2D eigenvalue weighted by Gasteiger charge is 2.29. The molecule has 1 atom stereocenters. The summed E-state index contributed by atoms with van der Waals surface area (Å²) in [6, 6.07) is 7.59. The van der Waals surface area contributed by atoms with Gasteiger partial charge in [-0.3, -0.25) is 9.78 Å². The van der Waals surface area contributed by atoms with E-state index in [0.29, 0.717) is 12.0 Å². The Morgan fingerprint density at radius 3 is 2.89 bits per heavy atom. The molecular weight excluding hydrogens is 224 g/mol. The number of ketones is 1. The molecule has 1 unspecified atom stereocenters. The quantitative estimate of drug-likeness (QED) is 0.839. The third-order valence-electron chi connectivity index (χ3n) is 3.22. The summed E-state index contributed by atoms with van der Waals surface area (Å²) in [6.07, 6.45) is 5.03. The highest BCUT2D eigenvalue weighted by atomic mass is 16.1. The Balaban J connectivity index is 2.51. The lowest BCUT2D eigenvalue weighted by molar-refractivity contribution is 0.0895. The zero-order valence-electron chi connectivity index (χ0n) is 10.8. The van der Waals surface area contributed by atoms with Crippen LogP contribution in [-0.4, -0.2) is 16.3 Å². The van der Waals surface area contributed by atoms with Crippen molar-refractivity contribution in [3.05, 3.63) is 42.2 Å². The van der Waals surface area contributed by atoms with Crippen LogP contribution in [0.15, 0.2) is 36.7 Å². The molecule has 0 saturated heterocycles. The van der Waals surface area contributed by atoms with Gasteiger partial charge in [0.2, 0.25) is 0 Å². The third-order valence-corrected chi connectivity index (χ3v) is 3.22. The van der Waals surface area contributed by atoms with Crippen LogP contribution in [0.4, 0.5) is 0 Å². The van der Waals surface area contributed by atoms with E-state index in [1.165, 1.54) is 0 Å². The number of benzene rings is 1. The number of carbonyl (C=O) groups excluding carboxylic acids is 1. The molecule has 0 aliphatic heterocycles. The maximum absolute atomic E-state index is 12.5. The van der Waals surface area contributed by atoms with Crippen LogP contribution < -0.4 is 5.73 Å². The van der Waals surface area contributed by atoms with Gasteiger partial charge < -0.3 is 5.73 Å². The van der Waals surface area contributed by atoms with Crippen LogP contribution in [0.5, 0.6) is 0 Å². The van der Waals surface area contributed by atoms with E-state index >= 15 is 0 Å². The first kappa shape index (κ1) is 12.7. The van der Waals surface area contributed by atoms with Crippen molar-refractivity contribution < 1.29 is 4.79 Å². The zero-order chi connectivity index (χ0) is 13.2. The van der Waals surface area contributed by atoms with Gasteiger partial charge in [-0.25, -0.2) is 0 Å². The smallest absolute Gasteiger partial charge is 0.183 e. The van der Waals surface area contributed by atoms with Crippen LogP contribution in [0, 0.1) is 0 Å². The summed E-state index contributed by atoms with van der Waals surface area (Å²) in [5.74, 6) is -0.0112. The monoisotopic (exact) mass is 242 g/mol. The molecule has 18 heavy (non-hydrogen) atoms. The number of pyridine rings is 1. The fourth-order valence-corrected chi connectivity index (χ4v) is 2.25. The highest BCUT2D eigenvalue weighted by Crippen LogP contribution is 2.23. The molecule has 0 fully saturated rings. The van der Waals surface area contributed by atoms with Gasteiger partial charge in [0, 0.05) is 23.3 Å². The van der Waals surface area contributed by atoms with Crippen molar-refractivity contribution in [1.29, 1.82) is 0 Å². The van der Waals surface area contributed by atoms with Gasteiger partial charge in [0.15, 0.2) is 5.78 Å². The predicted molar refractivity (Wildman–Crippen MR) is 73.6 cm³/mol. The van der Waals surface area contributed by atoms with Crippen molar-refractivity contribution in [3.8, 4) is 0 Å². The molecule has 94 valence electrons. The van der Waals surface area contributed by atoms with Gasteiger partial charge in [0.05, 0.1) is 5.54 Å². The van der Waals surface area contributed by atoms with Crippen LogP contribution in [0.25, 0.3) is 10.8 Å². The Bertz CT molecular complexity index is 570. The summed E-state index contributed by atoms with van der Waals surface area (Å²) in [6.45, 7) is 3.83. The molecule has 0 radical (unpaired) electrons. The molecule has 0 aliphatic rings. The Morgan fingerprint density at radius 2 is 2.17 bits per heavy atom. The molecule has 3 nitrogen and oxygen atoms in total. The second-order valence-electron chi connectivity index (χ2n) is 4.90. The first-order chi connectivity index (χ1) is 8.56. The Hall–Kier alpha value is -1.74. The second-order valence-corrected chi connectivity index (χ2v) is 4.90. The van der Waals surface area contributed by atoms with E-state index in [-0.39, 0.29) is 5.78 Å². The van der Waals surface area contributed by atoms with Gasteiger partial charge in [-0.1, -0.05) is 31.5 Å². The fourth-order valence-electron chi connectivity index (χ4n) is 2.25. The number of fused-ring (bicyclic) bond motifs is 1. The Morgan fingerprint density at radius 1 is 1.39 bits per heavy atom. The lowest BCUT2D eigenvalue weighted by Crippen LogP contribution is -2.44. The van der Waals surface area contributed by atoms with Crippen LogP contribution in [0.2, 0.25) is 0 Å². The minimum absolute atomic E-state index is 0.0112. The standard InChI is InChI=1S/C15H18N2O/c1-3-8-15(2,16)14(18)12-6-4-5-11-7-9-17-10-13(11)12/h4-7,9-10H,3,8,16H2,1-2H3. The summed E-state index contributed by atoms with van der Waals surface area (Å²) in [5, 5.41) is 1.89. The van der Waals surface area contributed by atoms with E-state index in [1.54, 1.807) is 19.3 Å². The maximum Gasteiger partial charge on any atom is 0.183 e. The summed E-state index contributed by atoms with van der Waals surface area (Å²) >= 11 is 0. The normalized spacial score (nSPS) is 14.4. The fraction of sp³-hybridized carbons (Fsp3) is 0.333.